The zero-order chi connectivity index (χ0) is 14.5. The molecule has 0 aromatic carbocycles. The van der Waals surface area contributed by atoms with Crippen molar-refractivity contribution in [1.82, 2.24) is 5.43 Å². The highest BCUT2D eigenvalue weighted by Crippen LogP contribution is 2.44. The average molecular weight is 270 g/mol. The molecule has 1 fully saturated rings. The van der Waals surface area contributed by atoms with Gasteiger partial charge in [0.25, 0.3) is 0 Å². The molecule has 0 saturated heterocycles. The first-order valence-electron chi connectivity index (χ1n) is 7.99. The molecule has 2 unspecified atom stereocenters. The molecule has 19 heavy (non-hydrogen) atoms. The number of rotatable bonds is 7. The number of ether oxygens (including phenoxy) is 1. The minimum atomic E-state index is -0.0531. The van der Waals surface area contributed by atoms with E-state index in [-0.39, 0.29) is 11.6 Å². The zero-order valence-electron chi connectivity index (χ0n) is 13.6. The Bertz CT molecular complexity index is 255. The predicted octanol–water partition coefficient (Wildman–Crippen LogP) is 3.63. The van der Waals surface area contributed by atoms with Crippen LogP contribution in [0.4, 0.5) is 0 Å². The minimum Gasteiger partial charge on any atom is -0.374 e. The van der Waals surface area contributed by atoms with Crippen LogP contribution in [0.3, 0.4) is 0 Å². The lowest BCUT2D eigenvalue weighted by atomic mass is 9.67. The lowest BCUT2D eigenvalue weighted by molar-refractivity contribution is -0.110. The average Bonchev–Trinajstić information content (AvgIpc) is 2.39. The summed E-state index contributed by atoms with van der Waals surface area (Å²) in [4.78, 5) is 0. The van der Waals surface area contributed by atoms with Crippen LogP contribution in [-0.2, 0) is 4.74 Å². The van der Waals surface area contributed by atoms with Crippen LogP contribution in [0, 0.1) is 11.3 Å². The second kappa shape index (κ2) is 7.05. The molecule has 0 aromatic heterocycles. The first-order valence-corrected chi connectivity index (χ1v) is 7.99. The summed E-state index contributed by atoms with van der Waals surface area (Å²) in [7, 11) is 0. The molecule has 0 amide bonds. The van der Waals surface area contributed by atoms with E-state index < -0.39 is 0 Å². The predicted molar refractivity (Wildman–Crippen MR) is 81.8 cm³/mol. The van der Waals surface area contributed by atoms with Crippen molar-refractivity contribution >= 4 is 0 Å². The minimum absolute atomic E-state index is 0.0531. The number of hydrogen-bond donors (Lipinski definition) is 2. The Balaban J connectivity index is 2.79. The van der Waals surface area contributed by atoms with Crippen LogP contribution in [0.2, 0.25) is 0 Å². The lowest BCUT2D eigenvalue weighted by Gasteiger charge is -2.48. The summed E-state index contributed by atoms with van der Waals surface area (Å²) in [5, 5.41) is 0. The third-order valence-corrected chi connectivity index (χ3v) is 5.05. The maximum Gasteiger partial charge on any atom is 0.0848 e. The Morgan fingerprint density at radius 2 is 1.74 bits per heavy atom. The van der Waals surface area contributed by atoms with Crippen LogP contribution in [0.25, 0.3) is 0 Å². The highest BCUT2D eigenvalue weighted by Gasteiger charge is 2.44. The normalized spacial score (nSPS) is 24.9. The van der Waals surface area contributed by atoms with Crippen molar-refractivity contribution in [1.29, 1.82) is 0 Å². The van der Waals surface area contributed by atoms with Gasteiger partial charge in [0, 0.05) is 6.61 Å². The number of nitrogens with two attached hydrogens (primary N) is 1. The van der Waals surface area contributed by atoms with Gasteiger partial charge in [-0.05, 0) is 50.4 Å². The molecule has 1 aliphatic carbocycles. The molecular formula is C16H34N2O. The second-order valence-corrected chi connectivity index (χ2v) is 7.13. The fourth-order valence-corrected chi connectivity index (χ4v) is 3.23. The van der Waals surface area contributed by atoms with Crippen LogP contribution in [0.5, 0.6) is 0 Å². The highest BCUT2D eigenvalue weighted by atomic mass is 16.5. The van der Waals surface area contributed by atoms with E-state index >= 15 is 0 Å². The summed E-state index contributed by atoms with van der Waals surface area (Å²) < 4.78 is 6.22. The van der Waals surface area contributed by atoms with Crippen LogP contribution >= 0.6 is 0 Å². The van der Waals surface area contributed by atoms with Gasteiger partial charge in [-0.15, -0.1) is 0 Å². The van der Waals surface area contributed by atoms with Gasteiger partial charge in [0.2, 0.25) is 0 Å². The van der Waals surface area contributed by atoms with E-state index in [0.717, 1.165) is 25.9 Å². The molecule has 1 rings (SSSR count). The third kappa shape index (κ3) is 4.44. The molecule has 2 atom stereocenters. The summed E-state index contributed by atoms with van der Waals surface area (Å²) in [6, 6.07) is 0.276. The van der Waals surface area contributed by atoms with E-state index in [1.54, 1.807) is 0 Å². The third-order valence-electron chi connectivity index (χ3n) is 5.05. The number of hydrazine groups is 1. The maximum atomic E-state index is 6.22. The van der Waals surface area contributed by atoms with Crippen LogP contribution in [0.15, 0.2) is 0 Å². The van der Waals surface area contributed by atoms with Crippen molar-refractivity contribution in [3.05, 3.63) is 0 Å². The number of nitrogens with one attached hydrogen (secondary N) is 1. The van der Waals surface area contributed by atoms with Crippen LogP contribution in [0.1, 0.15) is 73.1 Å². The van der Waals surface area contributed by atoms with E-state index in [0.29, 0.717) is 11.3 Å². The maximum absolute atomic E-state index is 6.22. The molecule has 0 spiro atoms. The molecule has 0 aromatic rings. The Kier molecular flexibility index (Phi) is 6.28. The van der Waals surface area contributed by atoms with Crippen molar-refractivity contribution in [2.45, 2.75) is 84.8 Å². The van der Waals surface area contributed by atoms with Gasteiger partial charge in [0.15, 0.2) is 0 Å². The van der Waals surface area contributed by atoms with Gasteiger partial charge in [0.1, 0.15) is 0 Å². The molecule has 0 heterocycles. The van der Waals surface area contributed by atoms with Gasteiger partial charge in [-0.25, -0.2) is 0 Å². The van der Waals surface area contributed by atoms with E-state index in [4.69, 9.17) is 10.6 Å². The van der Waals surface area contributed by atoms with E-state index in [9.17, 15) is 0 Å². The van der Waals surface area contributed by atoms with Crippen molar-refractivity contribution in [3.8, 4) is 0 Å². The molecule has 114 valence electrons. The van der Waals surface area contributed by atoms with Crippen LogP contribution in [-0.4, -0.2) is 18.2 Å². The molecule has 1 aliphatic rings. The molecule has 3 nitrogen and oxygen atoms in total. The standard InChI is InChI=1S/C16H34N2O/c1-6-13(3)12-14(18-17)16(19-7-2)10-8-15(4,5)9-11-16/h13-14,18H,6-12,17H2,1-5H3. The summed E-state index contributed by atoms with van der Waals surface area (Å²) in [6.45, 7) is 12.1. The highest BCUT2D eigenvalue weighted by molar-refractivity contribution is 4.98. The zero-order valence-corrected chi connectivity index (χ0v) is 13.6. The Hall–Kier alpha value is -0.120. The molecule has 1 saturated carbocycles. The molecule has 3 heteroatoms. The molecule has 0 bridgehead atoms. The SMILES string of the molecule is CCOC1(C(CC(C)CC)NN)CCC(C)(C)CC1. The molecular weight excluding hydrogens is 236 g/mol. The number of hydrogen-bond acceptors (Lipinski definition) is 3. The van der Waals surface area contributed by atoms with Crippen molar-refractivity contribution in [3.63, 3.8) is 0 Å². The Morgan fingerprint density at radius 1 is 1.16 bits per heavy atom. The van der Waals surface area contributed by atoms with Crippen molar-refractivity contribution in [2.75, 3.05) is 6.61 Å². The summed E-state index contributed by atoms with van der Waals surface area (Å²) in [5.74, 6) is 6.55. The van der Waals surface area contributed by atoms with Gasteiger partial charge >= 0.3 is 0 Å². The van der Waals surface area contributed by atoms with Crippen molar-refractivity contribution < 1.29 is 4.74 Å². The van der Waals surface area contributed by atoms with Gasteiger partial charge in [-0.3, -0.25) is 11.3 Å². The molecule has 3 N–H and O–H groups in total. The van der Waals surface area contributed by atoms with E-state index in [1.165, 1.54) is 19.3 Å². The lowest BCUT2D eigenvalue weighted by Crippen LogP contribution is -2.57. The quantitative estimate of drug-likeness (QED) is 0.548. The first kappa shape index (κ1) is 16.9. The van der Waals surface area contributed by atoms with Gasteiger partial charge in [0.05, 0.1) is 11.6 Å². The molecule has 0 aliphatic heterocycles. The first-order chi connectivity index (χ1) is 8.89. The summed E-state index contributed by atoms with van der Waals surface area (Å²) >= 11 is 0. The van der Waals surface area contributed by atoms with E-state index in [2.05, 4.69) is 40.0 Å². The fraction of sp³-hybridized carbons (Fsp3) is 1.00. The van der Waals surface area contributed by atoms with Gasteiger partial charge in [-0.1, -0.05) is 34.1 Å². The van der Waals surface area contributed by atoms with Gasteiger partial charge in [-0.2, -0.15) is 0 Å². The fourth-order valence-electron chi connectivity index (χ4n) is 3.23. The monoisotopic (exact) mass is 270 g/mol. The topological polar surface area (TPSA) is 47.3 Å². The summed E-state index contributed by atoms with van der Waals surface area (Å²) in [6.07, 6.45) is 7.01. The second-order valence-electron chi connectivity index (χ2n) is 7.13. The van der Waals surface area contributed by atoms with Crippen LogP contribution < -0.4 is 11.3 Å². The summed E-state index contributed by atoms with van der Waals surface area (Å²) in [5.41, 5.74) is 3.47. The Labute approximate surface area is 119 Å². The Morgan fingerprint density at radius 3 is 2.16 bits per heavy atom. The molecule has 0 radical (unpaired) electrons. The van der Waals surface area contributed by atoms with E-state index in [1.807, 2.05) is 0 Å². The van der Waals surface area contributed by atoms with Crippen molar-refractivity contribution in [2.24, 2.45) is 17.2 Å². The largest absolute Gasteiger partial charge is 0.374 e. The van der Waals surface area contributed by atoms with Gasteiger partial charge < -0.3 is 4.74 Å². The smallest absolute Gasteiger partial charge is 0.0848 e.